The van der Waals surface area contributed by atoms with Gasteiger partial charge in [0.15, 0.2) is 5.76 Å². The predicted octanol–water partition coefficient (Wildman–Crippen LogP) is 2.18. The molecule has 0 spiro atoms. The minimum atomic E-state index is -0.484. The van der Waals surface area contributed by atoms with Gasteiger partial charge in [0.25, 0.3) is 0 Å². The van der Waals surface area contributed by atoms with E-state index in [1.165, 1.54) is 24.6 Å². The fraction of sp³-hybridized carbons (Fsp3) is 0. The van der Waals surface area contributed by atoms with E-state index in [0.717, 1.165) is 0 Å². The smallest absolute Gasteiger partial charge is 0.307 e. The van der Waals surface area contributed by atoms with Crippen LogP contribution in [0.3, 0.4) is 0 Å². The highest BCUT2D eigenvalue weighted by Crippen LogP contribution is 2.03. The van der Waals surface area contributed by atoms with Crippen LogP contribution in [0, 0.1) is 5.82 Å². The van der Waals surface area contributed by atoms with E-state index in [4.69, 9.17) is 4.42 Å². The van der Waals surface area contributed by atoms with Gasteiger partial charge >= 0.3 is 5.91 Å². The first-order valence-electron chi connectivity index (χ1n) is 4.89. The second-order valence-electron chi connectivity index (χ2n) is 3.20. The molecule has 0 fully saturated rings. The van der Waals surface area contributed by atoms with Crippen LogP contribution in [0.25, 0.3) is 0 Å². The molecular formula is C12H9FN2O2. The van der Waals surface area contributed by atoms with E-state index in [1.807, 2.05) is 0 Å². The van der Waals surface area contributed by atoms with E-state index in [2.05, 4.69) is 10.5 Å². The molecule has 0 aliphatic carbocycles. The number of nitrogens with one attached hydrogen (secondary N) is 1. The van der Waals surface area contributed by atoms with Crippen LogP contribution in [-0.4, -0.2) is 12.1 Å². The molecule has 86 valence electrons. The van der Waals surface area contributed by atoms with Gasteiger partial charge in [-0.3, -0.25) is 4.79 Å². The summed E-state index contributed by atoms with van der Waals surface area (Å²) in [6.45, 7) is 0. The van der Waals surface area contributed by atoms with E-state index < -0.39 is 11.7 Å². The van der Waals surface area contributed by atoms with Crippen molar-refractivity contribution in [2.45, 2.75) is 0 Å². The van der Waals surface area contributed by atoms with Crippen molar-refractivity contribution in [2.24, 2.45) is 5.10 Å². The van der Waals surface area contributed by atoms with Crippen LogP contribution < -0.4 is 5.43 Å². The quantitative estimate of drug-likeness (QED) is 0.651. The summed E-state index contributed by atoms with van der Waals surface area (Å²) in [6.07, 6.45) is 2.62. The first-order chi connectivity index (χ1) is 8.27. The highest BCUT2D eigenvalue weighted by atomic mass is 19.1. The van der Waals surface area contributed by atoms with Crippen LogP contribution in [-0.2, 0) is 0 Å². The number of nitrogens with zero attached hydrogens (tertiary/aromatic N) is 1. The van der Waals surface area contributed by atoms with Crippen LogP contribution in [0.15, 0.2) is 52.2 Å². The van der Waals surface area contributed by atoms with Crippen molar-refractivity contribution in [1.82, 2.24) is 5.43 Å². The van der Waals surface area contributed by atoms with Crippen LogP contribution in [0.4, 0.5) is 4.39 Å². The summed E-state index contributed by atoms with van der Waals surface area (Å²) < 4.78 is 18.0. The summed E-state index contributed by atoms with van der Waals surface area (Å²) in [4.78, 5) is 11.4. The Balaban J connectivity index is 1.99. The topological polar surface area (TPSA) is 54.6 Å². The number of hydrogen-bond acceptors (Lipinski definition) is 3. The summed E-state index contributed by atoms with van der Waals surface area (Å²) in [6, 6.07) is 9.23. The van der Waals surface area contributed by atoms with Crippen molar-refractivity contribution in [3.8, 4) is 0 Å². The minimum absolute atomic E-state index is 0.149. The standard InChI is InChI=1S/C12H9FN2O2/c13-10-5-2-1-4-9(10)8-14-15-12(16)11-6-3-7-17-11/h1-8H,(H,15,16)/b14-8-. The zero-order valence-electron chi connectivity index (χ0n) is 8.76. The molecule has 0 aliphatic rings. The van der Waals surface area contributed by atoms with Crippen molar-refractivity contribution >= 4 is 12.1 Å². The molecule has 0 bridgehead atoms. The molecule has 0 atom stereocenters. The Kier molecular flexibility index (Phi) is 3.30. The summed E-state index contributed by atoms with van der Waals surface area (Å²) in [5.74, 6) is -0.734. The number of rotatable bonds is 3. The molecule has 1 aromatic heterocycles. The lowest BCUT2D eigenvalue weighted by atomic mass is 10.2. The van der Waals surface area contributed by atoms with Crippen LogP contribution in [0.1, 0.15) is 16.1 Å². The van der Waals surface area contributed by atoms with E-state index >= 15 is 0 Å². The monoisotopic (exact) mass is 232 g/mol. The number of amides is 1. The van der Waals surface area contributed by atoms with Crippen molar-refractivity contribution in [3.63, 3.8) is 0 Å². The average Bonchev–Trinajstić information content (AvgIpc) is 2.85. The van der Waals surface area contributed by atoms with Gasteiger partial charge in [-0.2, -0.15) is 5.10 Å². The van der Waals surface area contributed by atoms with Crippen molar-refractivity contribution in [2.75, 3.05) is 0 Å². The Bertz CT molecular complexity index is 535. The maximum atomic E-state index is 13.2. The number of benzene rings is 1. The van der Waals surface area contributed by atoms with Gasteiger partial charge in [0.2, 0.25) is 0 Å². The lowest BCUT2D eigenvalue weighted by molar-refractivity contribution is 0.0927. The molecule has 0 aliphatic heterocycles. The Morgan fingerprint density at radius 1 is 1.29 bits per heavy atom. The number of hydrazone groups is 1. The highest BCUT2D eigenvalue weighted by molar-refractivity contribution is 5.92. The van der Waals surface area contributed by atoms with Crippen molar-refractivity contribution in [3.05, 3.63) is 59.8 Å². The molecule has 4 nitrogen and oxygen atoms in total. The highest BCUT2D eigenvalue weighted by Gasteiger charge is 2.05. The van der Waals surface area contributed by atoms with Crippen LogP contribution >= 0.6 is 0 Å². The molecule has 1 amide bonds. The van der Waals surface area contributed by atoms with Gasteiger partial charge in [0, 0.05) is 5.56 Å². The fourth-order valence-corrected chi connectivity index (χ4v) is 1.20. The summed E-state index contributed by atoms with van der Waals surface area (Å²) in [7, 11) is 0. The second-order valence-corrected chi connectivity index (χ2v) is 3.20. The van der Waals surface area contributed by atoms with Crippen molar-refractivity contribution in [1.29, 1.82) is 0 Å². The number of furan rings is 1. The molecule has 0 unspecified atom stereocenters. The third kappa shape index (κ3) is 2.78. The lowest BCUT2D eigenvalue weighted by Gasteiger charge is -1.96. The molecule has 1 N–H and O–H groups in total. The van der Waals surface area contributed by atoms with Gasteiger partial charge in [-0.05, 0) is 18.2 Å². The normalized spacial score (nSPS) is 10.6. The van der Waals surface area contributed by atoms with Crippen molar-refractivity contribution < 1.29 is 13.6 Å². The van der Waals surface area contributed by atoms with Gasteiger partial charge in [-0.15, -0.1) is 0 Å². The van der Waals surface area contributed by atoms with Gasteiger partial charge in [-0.25, -0.2) is 9.82 Å². The number of carbonyl (C=O) groups is 1. The summed E-state index contributed by atoms with van der Waals surface area (Å²) >= 11 is 0. The molecule has 5 heteroatoms. The SMILES string of the molecule is O=C(N/N=C\c1ccccc1F)c1ccco1. The van der Waals surface area contributed by atoms with Gasteiger partial charge in [0.1, 0.15) is 5.82 Å². The molecule has 2 aromatic rings. The first kappa shape index (κ1) is 11.1. The van der Waals surface area contributed by atoms with E-state index in [9.17, 15) is 9.18 Å². The third-order valence-corrected chi connectivity index (χ3v) is 2.02. The van der Waals surface area contributed by atoms with Gasteiger partial charge in [0.05, 0.1) is 12.5 Å². The first-order valence-corrected chi connectivity index (χ1v) is 4.89. The Labute approximate surface area is 96.8 Å². The summed E-state index contributed by atoms with van der Waals surface area (Å²) in [5.41, 5.74) is 2.53. The van der Waals surface area contributed by atoms with E-state index in [1.54, 1.807) is 24.3 Å². The molecular weight excluding hydrogens is 223 g/mol. The third-order valence-electron chi connectivity index (χ3n) is 2.02. The molecule has 0 saturated carbocycles. The van der Waals surface area contributed by atoms with Crippen LogP contribution in [0.5, 0.6) is 0 Å². The van der Waals surface area contributed by atoms with Gasteiger partial charge in [-0.1, -0.05) is 18.2 Å². The minimum Gasteiger partial charge on any atom is -0.459 e. The molecule has 1 aromatic carbocycles. The number of halogens is 1. The zero-order chi connectivity index (χ0) is 12.1. The van der Waals surface area contributed by atoms with Gasteiger partial charge < -0.3 is 4.42 Å². The second kappa shape index (κ2) is 5.07. The maximum absolute atomic E-state index is 13.2. The molecule has 0 saturated heterocycles. The number of hydrogen-bond donors (Lipinski definition) is 1. The fourth-order valence-electron chi connectivity index (χ4n) is 1.20. The Hall–Kier alpha value is -2.43. The molecule has 0 radical (unpaired) electrons. The number of carbonyl (C=O) groups excluding carboxylic acids is 1. The van der Waals surface area contributed by atoms with Crippen LogP contribution in [0.2, 0.25) is 0 Å². The molecule has 2 rings (SSSR count). The molecule has 17 heavy (non-hydrogen) atoms. The van der Waals surface area contributed by atoms with E-state index in [-0.39, 0.29) is 5.76 Å². The Morgan fingerprint density at radius 3 is 2.82 bits per heavy atom. The zero-order valence-corrected chi connectivity index (χ0v) is 8.76. The predicted molar refractivity (Wildman–Crippen MR) is 60.2 cm³/mol. The lowest BCUT2D eigenvalue weighted by Crippen LogP contribution is -2.16. The average molecular weight is 232 g/mol. The molecule has 1 heterocycles. The summed E-state index contributed by atoms with van der Waals surface area (Å²) in [5, 5.41) is 3.63. The van der Waals surface area contributed by atoms with E-state index in [0.29, 0.717) is 5.56 Å². The maximum Gasteiger partial charge on any atom is 0.307 e. The largest absolute Gasteiger partial charge is 0.459 e. The Morgan fingerprint density at radius 2 is 2.12 bits per heavy atom.